The largest absolute Gasteiger partial charge is 0.455 e. The highest BCUT2D eigenvalue weighted by atomic mass is 79.9. The van der Waals surface area contributed by atoms with Gasteiger partial charge in [-0.1, -0.05) is 155 Å². The number of rotatable bonds is 6. The van der Waals surface area contributed by atoms with Gasteiger partial charge in [0, 0.05) is 48.3 Å². The van der Waals surface area contributed by atoms with Crippen molar-refractivity contribution in [2.24, 2.45) is 0 Å². The average molecular weight is 790 g/mol. The summed E-state index contributed by atoms with van der Waals surface area (Å²) >= 11 is 3.41. The van der Waals surface area contributed by atoms with Crippen LogP contribution in [0.25, 0.3) is 66.1 Å². The molecule has 56 heavy (non-hydrogen) atoms. The third-order valence-corrected chi connectivity index (χ3v) is 10.6. The van der Waals surface area contributed by atoms with Crippen LogP contribution in [0.15, 0.2) is 195 Å². The minimum Gasteiger partial charge on any atom is -0.455 e. The molecule has 0 amide bonds. The maximum Gasteiger partial charge on any atom is 0.196 e. The van der Waals surface area contributed by atoms with Crippen LogP contribution in [-0.4, -0.2) is 11.6 Å². The van der Waals surface area contributed by atoms with Crippen LogP contribution in [0.1, 0.15) is 37.4 Å². The number of halogens is 1. The second kappa shape index (κ2) is 14.8. The second-order valence-corrected chi connectivity index (χ2v) is 14.7. The zero-order chi connectivity index (χ0) is 38.2. The standard InChI is InChI=1S/C26H18O2.C25H15BrO2/c1-17-6-4-7-20(16-17)18-12-14-19(15-13-18)25(27)23-10-5-9-22-21-8-2-3-11-24(21)28-26(22)23;26-19-13-11-16(12-14-19)24(27)18-6-3-5-17(15-18)20-8-4-9-22-21-7-1-2-10-23(21)28-25(20)22/h2-16H,1H3;1-15H. The van der Waals surface area contributed by atoms with Gasteiger partial charge in [0.15, 0.2) is 11.6 Å². The molecule has 0 saturated carbocycles. The van der Waals surface area contributed by atoms with E-state index in [9.17, 15) is 9.59 Å². The molecule has 0 radical (unpaired) electrons. The van der Waals surface area contributed by atoms with Crippen LogP contribution in [-0.2, 0) is 0 Å². The monoisotopic (exact) mass is 788 g/mol. The molecule has 0 aliphatic heterocycles. The van der Waals surface area contributed by atoms with Crippen molar-refractivity contribution >= 4 is 71.4 Å². The van der Waals surface area contributed by atoms with Crippen molar-refractivity contribution in [1.29, 1.82) is 0 Å². The van der Waals surface area contributed by atoms with Crippen LogP contribution in [0, 0.1) is 6.92 Å². The van der Waals surface area contributed by atoms with E-state index in [-0.39, 0.29) is 11.6 Å². The first kappa shape index (κ1) is 34.9. The first-order valence-electron chi connectivity index (χ1n) is 18.3. The van der Waals surface area contributed by atoms with Gasteiger partial charge < -0.3 is 8.83 Å². The Bertz CT molecular complexity index is 3080. The summed E-state index contributed by atoms with van der Waals surface area (Å²) in [6, 6.07) is 59.1. The normalized spacial score (nSPS) is 11.2. The van der Waals surface area contributed by atoms with Crippen molar-refractivity contribution in [1.82, 2.24) is 0 Å². The fourth-order valence-corrected chi connectivity index (χ4v) is 7.55. The van der Waals surface area contributed by atoms with Gasteiger partial charge in [0.25, 0.3) is 0 Å². The number of benzene rings is 8. The molecule has 0 aliphatic carbocycles. The number of aryl methyl sites for hydroxylation is 1. The molecule has 0 spiro atoms. The second-order valence-electron chi connectivity index (χ2n) is 13.8. The van der Waals surface area contributed by atoms with Gasteiger partial charge in [-0.2, -0.15) is 0 Å². The van der Waals surface area contributed by atoms with Gasteiger partial charge in [0.05, 0.1) is 5.56 Å². The number of carbonyl (C=O) groups excluding carboxylic acids is 2. The lowest BCUT2D eigenvalue weighted by atomic mass is 9.97. The lowest BCUT2D eigenvalue weighted by molar-refractivity contribution is 0.103. The molecule has 0 N–H and O–H groups in total. The lowest BCUT2D eigenvalue weighted by Gasteiger charge is -2.06. The van der Waals surface area contributed by atoms with Crippen LogP contribution < -0.4 is 0 Å². The van der Waals surface area contributed by atoms with E-state index in [0.717, 1.165) is 65.0 Å². The van der Waals surface area contributed by atoms with Crippen LogP contribution in [0.5, 0.6) is 0 Å². The van der Waals surface area contributed by atoms with Gasteiger partial charge in [-0.3, -0.25) is 9.59 Å². The molecule has 268 valence electrons. The molecular weight excluding hydrogens is 756 g/mol. The summed E-state index contributed by atoms with van der Waals surface area (Å²) < 4.78 is 13.1. The molecule has 0 fully saturated rings. The first-order valence-corrected chi connectivity index (χ1v) is 19.1. The molecule has 10 aromatic rings. The summed E-state index contributed by atoms with van der Waals surface area (Å²) in [7, 11) is 0. The summed E-state index contributed by atoms with van der Waals surface area (Å²) in [4.78, 5) is 26.1. The lowest BCUT2D eigenvalue weighted by Crippen LogP contribution is -2.01. The third-order valence-electron chi connectivity index (χ3n) is 10.1. The predicted molar refractivity (Wildman–Crippen MR) is 230 cm³/mol. The molecule has 2 aromatic heterocycles. The number of furan rings is 2. The van der Waals surface area contributed by atoms with Crippen molar-refractivity contribution in [2.75, 3.05) is 0 Å². The van der Waals surface area contributed by atoms with Gasteiger partial charge >= 0.3 is 0 Å². The van der Waals surface area contributed by atoms with Crippen LogP contribution in [0.4, 0.5) is 0 Å². The van der Waals surface area contributed by atoms with Gasteiger partial charge in [-0.05, 0) is 72.1 Å². The molecule has 2 heterocycles. The Kier molecular flexibility index (Phi) is 9.22. The van der Waals surface area contributed by atoms with Gasteiger partial charge in [-0.15, -0.1) is 0 Å². The van der Waals surface area contributed by atoms with Gasteiger partial charge in [0.2, 0.25) is 0 Å². The summed E-state index contributed by atoms with van der Waals surface area (Å²) in [5.74, 6) is -0.0217. The number of ketones is 2. The van der Waals surface area contributed by atoms with E-state index in [1.54, 1.807) is 0 Å². The van der Waals surface area contributed by atoms with Crippen molar-refractivity contribution < 1.29 is 18.4 Å². The molecule has 8 aromatic carbocycles. The van der Waals surface area contributed by atoms with Crippen molar-refractivity contribution in [2.45, 2.75) is 6.92 Å². The van der Waals surface area contributed by atoms with Crippen LogP contribution in [0.3, 0.4) is 0 Å². The fourth-order valence-electron chi connectivity index (χ4n) is 7.29. The topological polar surface area (TPSA) is 60.4 Å². The number of hydrogen-bond acceptors (Lipinski definition) is 4. The summed E-state index contributed by atoms with van der Waals surface area (Å²) in [6.45, 7) is 2.08. The molecule has 4 nitrogen and oxygen atoms in total. The van der Waals surface area contributed by atoms with Crippen LogP contribution >= 0.6 is 15.9 Å². The highest BCUT2D eigenvalue weighted by molar-refractivity contribution is 9.10. The zero-order valence-corrected chi connectivity index (χ0v) is 31.9. The Balaban J connectivity index is 0.000000146. The third kappa shape index (κ3) is 6.63. The molecule has 10 rings (SSSR count). The SMILES string of the molecule is Cc1cccc(-c2ccc(C(=O)c3cccc4c3oc3ccccc34)cc2)c1.O=C(c1ccc(Br)cc1)c1cccc(-c2cccc3c2oc2ccccc23)c1. The Morgan fingerprint density at radius 3 is 1.70 bits per heavy atom. The van der Waals surface area contributed by atoms with E-state index in [4.69, 9.17) is 8.83 Å². The fraction of sp³-hybridized carbons (Fsp3) is 0.0196. The van der Waals surface area contributed by atoms with Crippen LogP contribution in [0.2, 0.25) is 0 Å². The van der Waals surface area contributed by atoms with E-state index < -0.39 is 0 Å². The minimum atomic E-state index is -0.0274. The molecule has 0 saturated heterocycles. The first-order chi connectivity index (χ1) is 27.4. The number of carbonyl (C=O) groups is 2. The summed E-state index contributed by atoms with van der Waals surface area (Å²) in [6.07, 6.45) is 0. The maximum absolute atomic E-state index is 13.2. The Morgan fingerprint density at radius 2 is 0.982 bits per heavy atom. The number of fused-ring (bicyclic) bond motifs is 6. The highest BCUT2D eigenvalue weighted by Crippen LogP contribution is 2.36. The van der Waals surface area contributed by atoms with E-state index in [2.05, 4.69) is 53.2 Å². The van der Waals surface area contributed by atoms with E-state index in [0.29, 0.717) is 27.8 Å². The van der Waals surface area contributed by atoms with Gasteiger partial charge in [-0.25, -0.2) is 0 Å². The van der Waals surface area contributed by atoms with Gasteiger partial charge in [0.1, 0.15) is 22.3 Å². The van der Waals surface area contributed by atoms with Crippen molar-refractivity contribution in [3.63, 3.8) is 0 Å². The molecule has 0 unspecified atom stereocenters. The Morgan fingerprint density at radius 1 is 0.429 bits per heavy atom. The van der Waals surface area contributed by atoms with Crippen molar-refractivity contribution in [3.8, 4) is 22.3 Å². The van der Waals surface area contributed by atoms with Crippen molar-refractivity contribution in [3.05, 3.63) is 214 Å². The molecule has 0 atom stereocenters. The van der Waals surface area contributed by atoms with E-state index in [1.165, 1.54) is 5.56 Å². The predicted octanol–water partition coefficient (Wildman–Crippen LogP) is 14.0. The van der Waals surface area contributed by atoms with E-state index in [1.807, 2.05) is 152 Å². The number of hydrogen-bond donors (Lipinski definition) is 0. The summed E-state index contributed by atoms with van der Waals surface area (Å²) in [5.41, 5.74) is 11.2. The maximum atomic E-state index is 13.2. The molecule has 0 aliphatic rings. The molecule has 5 heteroatoms. The average Bonchev–Trinajstić information content (AvgIpc) is 3.83. The minimum absolute atomic E-state index is 0.00568. The Labute approximate surface area is 331 Å². The van der Waals surface area contributed by atoms with E-state index >= 15 is 0 Å². The molecular formula is C51H33BrO4. The quantitative estimate of drug-likeness (QED) is 0.157. The number of para-hydroxylation sites is 4. The smallest absolute Gasteiger partial charge is 0.196 e. The Hall–Kier alpha value is -6.82. The summed E-state index contributed by atoms with van der Waals surface area (Å²) in [5, 5.41) is 4.18. The molecule has 0 bridgehead atoms. The zero-order valence-electron chi connectivity index (χ0n) is 30.3. The highest BCUT2D eigenvalue weighted by Gasteiger charge is 2.18.